The van der Waals surface area contributed by atoms with Crippen LogP contribution in [0.2, 0.25) is 0 Å². The second kappa shape index (κ2) is 8.16. The third-order valence-corrected chi connectivity index (χ3v) is 4.88. The summed E-state index contributed by atoms with van der Waals surface area (Å²) in [5.41, 5.74) is 0.351. The van der Waals surface area contributed by atoms with Gasteiger partial charge in [0.1, 0.15) is 11.4 Å². The molecule has 8 heteroatoms. The Morgan fingerprint density at radius 3 is 2.71 bits per heavy atom. The number of nitrogens with one attached hydrogen (secondary N) is 1. The first kappa shape index (κ1) is 20.1. The third-order valence-electron chi connectivity index (χ3n) is 4.88. The minimum Gasteiger partial charge on any atom is -0.444 e. The second-order valence-corrected chi connectivity index (χ2v) is 8.26. The number of carbonyl (C=O) groups excluding carboxylic acids is 3. The Morgan fingerprint density at radius 2 is 2.00 bits per heavy atom. The summed E-state index contributed by atoms with van der Waals surface area (Å²) in [7, 11) is 0. The maximum atomic E-state index is 12.3. The van der Waals surface area contributed by atoms with E-state index in [0.29, 0.717) is 32.5 Å². The number of nitrogens with zero attached hydrogens (tertiary/aromatic N) is 3. The topological polar surface area (TPSA) is 91.8 Å². The van der Waals surface area contributed by atoms with Crippen molar-refractivity contribution in [3.8, 4) is 0 Å². The Morgan fingerprint density at radius 1 is 1.21 bits per heavy atom. The van der Waals surface area contributed by atoms with Gasteiger partial charge in [-0.2, -0.15) is 0 Å². The first-order valence-electron chi connectivity index (χ1n) is 9.75. The highest BCUT2D eigenvalue weighted by Gasteiger charge is 2.29. The summed E-state index contributed by atoms with van der Waals surface area (Å²) in [5.74, 6) is -0.0106. The fraction of sp³-hybridized carbons (Fsp3) is 0.600. The molecule has 3 rings (SSSR count). The van der Waals surface area contributed by atoms with E-state index in [4.69, 9.17) is 4.74 Å². The van der Waals surface area contributed by atoms with Gasteiger partial charge in [-0.3, -0.25) is 14.9 Å². The van der Waals surface area contributed by atoms with E-state index in [-0.39, 0.29) is 23.8 Å². The van der Waals surface area contributed by atoms with Gasteiger partial charge in [-0.1, -0.05) is 0 Å². The van der Waals surface area contributed by atoms with Gasteiger partial charge in [-0.15, -0.1) is 0 Å². The van der Waals surface area contributed by atoms with Crippen molar-refractivity contribution < 1.29 is 19.1 Å². The number of carbonyl (C=O) groups is 3. The van der Waals surface area contributed by atoms with E-state index in [1.54, 1.807) is 11.1 Å². The maximum absolute atomic E-state index is 12.3. The number of anilines is 1. The predicted octanol–water partition coefficient (Wildman–Crippen LogP) is 2.05. The highest BCUT2D eigenvalue weighted by atomic mass is 16.6. The Bertz CT molecular complexity index is 759. The highest BCUT2D eigenvalue weighted by Crippen LogP contribution is 2.27. The summed E-state index contributed by atoms with van der Waals surface area (Å²) in [4.78, 5) is 44.2. The van der Waals surface area contributed by atoms with Gasteiger partial charge in [0.05, 0.1) is 5.92 Å². The van der Waals surface area contributed by atoms with Crippen molar-refractivity contribution in [2.45, 2.75) is 51.6 Å². The van der Waals surface area contributed by atoms with E-state index in [9.17, 15) is 14.4 Å². The van der Waals surface area contributed by atoms with Crippen molar-refractivity contribution in [3.63, 3.8) is 0 Å². The lowest BCUT2D eigenvalue weighted by Gasteiger charge is -2.27. The summed E-state index contributed by atoms with van der Waals surface area (Å²) in [6.07, 6.45) is 3.08. The van der Waals surface area contributed by atoms with E-state index < -0.39 is 5.60 Å². The predicted molar refractivity (Wildman–Crippen MR) is 104 cm³/mol. The molecule has 2 saturated heterocycles. The van der Waals surface area contributed by atoms with E-state index in [0.717, 1.165) is 24.3 Å². The maximum Gasteiger partial charge on any atom is 0.410 e. The molecular formula is C20H28N4O4. The SMILES string of the molecule is CC(C)(C)OC(=O)N1CCCN(c2cc([C@H]3CCC(=O)NC3=O)ccn2)CC1. The molecule has 28 heavy (non-hydrogen) atoms. The molecule has 0 aliphatic carbocycles. The van der Waals surface area contributed by atoms with Crippen LogP contribution in [0, 0.1) is 0 Å². The van der Waals surface area contributed by atoms with Gasteiger partial charge >= 0.3 is 6.09 Å². The molecule has 0 spiro atoms. The number of hydrogen-bond donors (Lipinski definition) is 1. The molecule has 2 fully saturated rings. The van der Waals surface area contributed by atoms with Crippen molar-refractivity contribution in [2.24, 2.45) is 0 Å². The van der Waals surface area contributed by atoms with E-state index in [1.807, 2.05) is 32.9 Å². The summed E-state index contributed by atoms with van der Waals surface area (Å²) >= 11 is 0. The largest absolute Gasteiger partial charge is 0.444 e. The molecule has 1 atom stereocenters. The van der Waals surface area contributed by atoms with Crippen molar-refractivity contribution in [3.05, 3.63) is 23.9 Å². The van der Waals surface area contributed by atoms with Crippen LogP contribution in [0.15, 0.2) is 18.3 Å². The molecule has 0 saturated carbocycles. The molecule has 2 aliphatic rings. The van der Waals surface area contributed by atoms with Gasteiger partial charge in [0.25, 0.3) is 0 Å². The fourth-order valence-corrected chi connectivity index (χ4v) is 3.49. The summed E-state index contributed by atoms with van der Waals surface area (Å²) in [6.45, 7) is 8.19. The van der Waals surface area contributed by atoms with Crippen LogP contribution in [0.4, 0.5) is 10.6 Å². The monoisotopic (exact) mass is 388 g/mol. The van der Waals surface area contributed by atoms with E-state index in [1.165, 1.54) is 0 Å². The van der Waals surface area contributed by atoms with Crippen LogP contribution in [0.3, 0.4) is 0 Å². The minimum atomic E-state index is -0.513. The average molecular weight is 388 g/mol. The molecule has 0 unspecified atom stereocenters. The lowest BCUT2D eigenvalue weighted by Crippen LogP contribution is -2.40. The summed E-state index contributed by atoms with van der Waals surface area (Å²) in [5, 5.41) is 2.40. The molecule has 152 valence electrons. The molecular weight excluding hydrogens is 360 g/mol. The van der Waals surface area contributed by atoms with Gasteiger partial charge in [-0.05, 0) is 51.3 Å². The van der Waals surface area contributed by atoms with E-state index in [2.05, 4.69) is 15.2 Å². The first-order chi connectivity index (χ1) is 13.2. The van der Waals surface area contributed by atoms with E-state index >= 15 is 0 Å². The number of hydrogen-bond acceptors (Lipinski definition) is 6. The van der Waals surface area contributed by atoms with Gasteiger partial charge < -0.3 is 14.5 Å². The zero-order valence-corrected chi connectivity index (χ0v) is 16.7. The second-order valence-electron chi connectivity index (χ2n) is 8.26. The quantitative estimate of drug-likeness (QED) is 0.780. The summed E-state index contributed by atoms with van der Waals surface area (Å²) in [6, 6.07) is 3.75. The van der Waals surface area contributed by atoms with Gasteiger partial charge in [-0.25, -0.2) is 9.78 Å². The normalized spacial score (nSPS) is 21.2. The van der Waals surface area contributed by atoms with Crippen LogP contribution in [-0.4, -0.2) is 59.6 Å². The van der Waals surface area contributed by atoms with Crippen molar-refractivity contribution >= 4 is 23.7 Å². The molecule has 1 N–H and O–H groups in total. The van der Waals surface area contributed by atoms with Crippen molar-refractivity contribution in [1.82, 2.24) is 15.2 Å². The van der Waals surface area contributed by atoms with Crippen molar-refractivity contribution in [2.75, 3.05) is 31.1 Å². The molecule has 0 aromatic carbocycles. The zero-order valence-electron chi connectivity index (χ0n) is 16.7. The lowest BCUT2D eigenvalue weighted by molar-refractivity contribution is -0.134. The first-order valence-corrected chi connectivity index (χ1v) is 9.75. The summed E-state index contributed by atoms with van der Waals surface area (Å²) < 4.78 is 5.47. The van der Waals surface area contributed by atoms with Crippen LogP contribution in [0.5, 0.6) is 0 Å². The number of aromatic nitrogens is 1. The van der Waals surface area contributed by atoms with Crippen LogP contribution in [0.25, 0.3) is 0 Å². The van der Waals surface area contributed by atoms with Crippen LogP contribution < -0.4 is 10.2 Å². The lowest BCUT2D eigenvalue weighted by atomic mass is 9.91. The van der Waals surface area contributed by atoms with Crippen molar-refractivity contribution in [1.29, 1.82) is 0 Å². The zero-order chi connectivity index (χ0) is 20.3. The molecule has 0 bridgehead atoms. The molecule has 3 amide bonds. The number of piperidine rings is 1. The van der Waals surface area contributed by atoms with Gasteiger partial charge in [0, 0.05) is 38.8 Å². The molecule has 1 aromatic rings. The molecule has 8 nitrogen and oxygen atoms in total. The van der Waals surface area contributed by atoms with Gasteiger partial charge in [0.2, 0.25) is 11.8 Å². The van der Waals surface area contributed by atoms with Gasteiger partial charge in [0.15, 0.2) is 0 Å². The Labute approximate surface area is 165 Å². The number of ether oxygens (including phenoxy) is 1. The number of pyridine rings is 1. The molecule has 3 heterocycles. The smallest absolute Gasteiger partial charge is 0.410 e. The fourth-order valence-electron chi connectivity index (χ4n) is 3.49. The number of rotatable bonds is 2. The average Bonchev–Trinajstić information content (AvgIpc) is 2.87. The van der Waals surface area contributed by atoms with Crippen LogP contribution in [-0.2, 0) is 14.3 Å². The van der Waals surface area contributed by atoms with Crippen LogP contribution in [0.1, 0.15) is 51.5 Å². The number of amides is 3. The Balaban J connectivity index is 1.67. The Kier molecular flexibility index (Phi) is 5.86. The number of imide groups is 1. The third kappa shape index (κ3) is 4.99. The standard InChI is InChI=1S/C20H28N4O4/c1-20(2,3)28-19(27)24-10-4-9-23(11-12-24)16-13-14(7-8-21-16)15-5-6-17(25)22-18(15)26/h7-8,13,15H,4-6,9-12H2,1-3H3,(H,22,25,26)/t15-/m1/s1. The molecule has 2 aliphatic heterocycles. The minimum absolute atomic E-state index is 0.217. The molecule has 0 radical (unpaired) electrons. The highest BCUT2D eigenvalue weighted by molar-refractivity contribution is 6.00. The van der Waals surface area contributed by atoms with Crippen LogP contribution >= 0.6 is 0 Å². The Hall–Kier alpha value is -2.64. The molecule has 1 aromatic heterocycles.